The summed E-state index contributed by atoms with van der Waals surface area (Å²) in [6, 6.07) is 7.69. The zero-order chi connectivity index (χ0) is 12.1. The van der Waals surface area contributed by atoms with Crippen LogP contribution < -0.4 is 0 Å². The molecule has 0 spiro atoms. The summed E-state index contributed by atoms with van der Waals surface area (Å²) in [6.45, 7) is 0.681. The van der Waals surface area contributed by atoms with Crippen LogP contribution in [0.5, 0.6) is 0 Å². The molecule has 2 aromatic rings. The number of carboxylic acids is 1. The third kappa shape index (κ3) is 3.04. The lowest BCUT2D eigenvalue weighted by Gasteiger charge is -2.06. The highest BCUT2D eigenvalue weighted by Gasteiger charge is 2.00. The van der Waals surface area contributed by atoms with Gasteiger partial charge in [-0.05, 0) is 17.2 Å². The van der Waals surface area contributed by atoms with Gasteiger partial charge in [-0.2, -0.15) is 0 Å². The van der Waals surface area contributed by atoms with Gasteiger partial charge in [0.15, 0.2) is 0 Å². The zero-order valence-corrected chi connectivity index (χ0v) is 9.15. The van der Waals surface area contributed by atoms with Crippen molar-refractivity contribution in [3.63, 3.8) is 0 Å². The Balaban J connectivity index is 2.24. The maximum absolute atomic E-state index is 10.5. The Bertz CT molecular complexity index is 530. The van der Waals surface area contributed by atoms with Crippen LogP contribution in [0, 0.1) is 0 Å². The predicted octanol–water partition coefficient (Wildman–Crippen LogP) is 2.03. The van der Waals surface area contributed by atoms with Gasteiger partial charge in [0.2, 0.25) is 0 Å². The number of hydrogen-bond donors (Lipinski definition) is 1. The third-order valence-corrected chi connectivity index (χ3v) is 2.37. The molecule has 0 atom stereocenters. The average molecular weight is 228 g/mol. The Labute approximate surface area is 98.9 Å². The minimum absolute atomic E-state index is 0.681. The molecule has 0 radical (unpaired) electrons. The van der Waals surface area contributed by atoms with E-state index in [0.29, 0.717) is 6.54 Å². The highest BCUT2D eigenvalue weighted by molar-refractivity contribution is 5.85. The first-order valence-corrected chi connectivity index (χ1v) is 5.20. The molecule has 1 aromatic carbocycles. The standard InChI is InChI=1S/C13H12N2O2/c16-13(17)6-5-11-3-1-2-4-12(11)9-15-8-7-14-10-15/h1-8,10H,9H2,(H,16,17). The van der Waals surface area contributed by atoms with E-state index in [4.69, 9.17) is 5.11 Å². The summed E-state index contributed by atoms with van der Waals surface area (Å²) >= 11 is 0. The predicted molar refractivity (Wildman–Crippen MR) is 64.4 cm³/mol. The monoisotopic (exact) mass is 228 g/mol. The fourth-order valence-electron chi connectivity index (χ4n) is 1.58. The van der Waals surface area contributed by atoms with Crippen LogP contribution in [-0.2, 0) is 11.3 Å². The maximum atomic E-state index is 10.5. The van der Waals surface area contributed by atoms with Crippen molar-refractivity contribution in [1.82, 2.24) is 9.55 Å². The second kappa shape index (κ2) is 5.12. The van der Waals surface area contributed by atoms with E-state index in [1.165, 1.54) is 0 Å². The summed E-state index contributed by atoms with van der Waals surface area (Å²) < 4.78 is 1.94. The Morgan fingerprint density at radius 2 is 2.24 bits per heavy atom. The molecule has 0 saturated carbocycles. The van der Waals surface area contributed by atoms with Gasteiger partial charge in [-0.3, -0.25) is 0 Å². The van der Waals surface area contributed by atoms with E-state index >= 15 is 0 Å². The van der Waals surface area contributed by atoms with E-state index in [1.54, 1.807) is 18.6 Å². The lowest BCUT2D eigenvalue weighted by atomic mass is 10.1. The van der Waals surface area contributed by atoms with Crippen molar-refractivity contribution in [3.05, 3.63) is 60.2 Å². The van der Waals surface area contributed by atoms with Crippen LogP contribution in [0.3, 0.4) is 0 Å². The molecular weight excluding hydrogens is 216 g/mol. The quantitative estimate of drug-likeness (QED) is 0.814. The molecule has 0 amide bonds. The average Bonchev–Trinajstić information content (AvgIpc) is 2.80. The van der Waals surface area contributed by atoms with Gasteiger partial charge < -0.3 is 9.67 Å². The van der Waals surface area contributed by atoms with Crippen LogP contribution in [0.2, 0.25) is 0 Å². The van der Waals surface area contributed by atoms with E-state index in [2.05, 4.69) is 4.98 Å². The fourth-order valence-corrected chi connectivity index (χ4v) is 1.58. The minimum Gasteiger partial charge on any atom is -0.478 e. The molecule has 0 aliphatic heterocycles. The van der Waals surface area contributed by atoms with Gasteiger partial charge in [-0.15, -0.1) is 0 Å². The Morgan fingerprint density at radius 1 is 1.41 bits per heavy atom. The van der Waals surface area contributed by atoms with E-state index in [9.17, 15) is 4.79 Å². The number of benzene rings is 1. The number of aromatic nitrogens is 2. The van der Waals surface area contributed by atoms with Crippen LogP contribution in [0.4, 0.5) is 0 Å². The second-order valence-corrected chi connectivity index (χ2v) is 3.61. The Morgan fingerprint density at radius 3 is 2.94 bits per heavy atom. The summed E-state index contributed by atoms with van der Waals surface area (Å²) in [5.41, 5.74) is 1.96. The van der Waals surface area contributed by atoms with E-state index < -0.39 is 5.97 Å². The Kier molecular flexibility index (Phi) is 3.35. The number of carboxylic acid groups (broad SMARTS) is 1. The lowest BCUT2D eigenvalue weighted by molar-refractivity contribution is -0.131. The second-order valence-electron chi connectivity index (χ2n) is 3.61. The van der Waals surface area contributed by atoms with Gasteiger partial charge in [0.25, 0.3) is 0 Å². The molecular formula is C13H12N2O2. The van der Waals surface area contributed by atoms with Crippen molar-refractivity contribution in [2.45, 2.75) is 6.54 Å². The number of imidazole rings is 1. The topological polar surface area (TPSA) is 55.1 Å². The fraction of sp³-hybridized carbons (Fsp3) is 0.0769. The molecule has 1 aromatic heterocycles. The summed E-state index contributed by atoms with van der Waals surface area (Å²) in [6.07, 6.45) is 8.08. The van der Waals surface area contributed by atoms with Crippen LogP contribution in [0.25, 0.3) is 6.08 Å². The molecule has 0 saturated heterocycles. The van der Waals surface area contributed by atoms with Crippen molar-refractivity contribution < 1.29 is 9.90 Å². The summed E-state index contributed by atoms with van der Waals surface area (Å²) in [5, 5.41) is 8.62. The molecule has 0 aliphatic carbocycles. The van der Waals surface area contributed by atoms with Gasteiger partial charge in [0.1, 0.15) is 0 Å². The first-order valence-electron chi connectivity index (χ1n) is 5.20. The van der Waals surface area contributed by atoms with Crippen molar-refractivity contribution in [3.8, 4) is 0 Å². The molecule has 4 heteroatoms. The molecule has 0 unspecified atom stereocenters. The van der Waals surface area contributed by atoms with Crippen LogP contribution in [0.15, 0.2) is 49.1 Å². The van der Waals surface area contributed by atoms with E-state index in [1.807, 2.05) is 35.0 Å². The number of rotatable bonds is 4. The molecule has 0 fully saturated rings. The van der Waals surface area contributed by atoms with Crippen molar-refractivity contribution in [2.75, 3.05) is 0 Å². The smallest absolute Gasteiger partial charge is 0.328 e. The zero-order valence-electron chi connectivity index (χ0n) is 9.15. The SMILES string of the molecule is O=C(O)C=Cc1ccccc1Cn1ccnc1. The van der Waals surface area contributed by atoms with Crippen LogP contribution >= 0.6 is 0 Å². The van der Waals surface area contributed by atoms with Crippen molar-refractivity contribution in [2.24, 2.45) is 0 Å². The number of aliphatic carboxylic acids is 1. The van der Waals surface area contributed by atoms with Gasteiger partial charge in [0, 0.05) is 25.0 Å². The summed E-state index contributed by atoms with van der Waals surface area (Å²) in [5.74, 6) is -0.942. The molecule has 2 rings (SSSR count). The minimum atomic E-state index is -0.942. The molecule has 1 N–H and O–H groups in total. The Hall–Kier alpha value is -2.36. The largest absolute Gasteiger partial charge is 0.478 e. The van der Waals surface area contributed by atoms with Crippen LogP contribution in [-0.4, -0.2) is 20.6 Å². The molecule has 17 heavy (non-hydrogen) atoms. The van der Waals surface area contributed by atoms with E-state index in [-0.39, 0.29) is 0 Å². The van der Waals surface area contributed by atoms with Crippen LogP contribution in [0.1, 0.15) is 11.1 Å². The number of hydrogen-bond acceptors (Lipinski definition) is 2. The first kappa shape index (κ1) is 11.1. The molecule has 1 heterocycles. The first-order chi connectivity index (χ1) is 8.25. The molecule has 86 valence electrons. The number of carbonyl (C=O) groups is 1. The number of nitrogens with zero attached hydrogens (tertiary/aromatic N) is 2. The van der Waals surface area contributed by atoms with Gasteiger partial charge in [-0.1, -0.05) is 24.3 Å². The third-order valence-electron chi connectivity index (χ3n) is 2.37. The lowest BCUT2D eigenvalue weighted by Crippen LogP contribution is -1.98. The van der Waals surface area contributed by atoms with Gasteiger partial charge >= 0.3 is 5.97 Å². The maximum Gasteiger partial charge on any atom is 0.328 e. The molecule has 4 nitrogen and oxygen atoms in total. The summed E-state index contributed by atoms with van der Waals surface area (Å²) in [4.78, 5) is 14.5. The molecule has 0 bridgehead atoms. The normalized spacial score (nSPS) is 10.8. The summed E-state index contributed by atoms with van der Waals surface area (Å²) in [7, 11) is 0. The van der Waals surface area contributed by atoms with Crippen molar-refractivity contribution >= 4 is 12.0 Å². The van der Waals surface area contributed by atoms with Gasteiger partial charge in [0.05, 0.1) is 6.33 Å². The highest BCUT2D eigenvalue weighted by atomic mass is 16.4. The molecule has 0 aliphatic rings. The highest BCUT2D eigenvalue weighted by Crippen LogP contribution is 2.12. The van der Waals surface area contributed by atoms with Gasteiger partial charge in [-0.25, -0.2) is 9.78 Å². The van der Waals surface area contributed by atoms with Crippen molar-refractivity contribution in [1.29, 1.82) is 0 Å². The van der Waals surface area contributed by atoms with E-state index in [0.717, 1.165) is 17.2 Å².